The highest BCUT2D eigenvalue weighted by molar-refractivity contribution is 5.98. The smallest absolute Gasteiger partial charge is 0.344 e. The second-order valence-corrected chi connectivity index (χ2v) is 6.63. The van der Waals surface area contributed by atoms with Crippen molar-refractivity contribution in [2.75, 3.05) is 36.6 Å². The molecule has 0 radical (unpaired) electrons. The zero-order valence-corrected chi connectivity index (χ0v) is 18.0. The summed E-state index contributed by atoms with van der Waals surface area (Å²) in [6.07, 6.45) is 1.80. The molecule has 0 saturated heterocycles. The number of nitrogen functional groups attached to an aromatic ring is 2. The number of nitrogens with two attached hydrogens (primary N) is 2. The van der Waals surface area contributed by atoms with Gasteiger partial charge in [-0.25, -0.2) is 14.8 Å². The number of guanidine groups is 1. The molecule has 1 aliphatic heterocycles. The van der Waals surface area contributed by atoms with Crippen molar-refractivity contribution in [3.8, 4) is 23.8 Å². The fourth-order valence-corrected chi connectivity index (χ4v) is 3.24. The minimum Gasteiger partial charge on any atom is -0.490 e. The third-order valence-electron chi connectivity index (χ3n) is 4.59. The Morgan fingerprint density at radius 3 is 2.67 bits per heavy atom. The van der Waals surface area contributed by atoms with Crippen LogP contribution in [0.1, 0.15) is 36.6 Å². The molecule has 1 aromatic heterocycles. The van der Waals surface area contributed by atoms with Gasteiger partial charge in [0.1, 0.15) is 29.3 Å². The SMILES string of the molecule is CCOC(=O)COc1ccc(C2N=C(NC#N)Nc3nc(N)c(C#N)c(N)c32)cc1OCC. The molecule has 1 aromatic carbocycles. The molecule has 170 valence electrons. The van der Waals surface area contributed by atoms with E-state index in [-0.39, 0.29) is 42.1 Å². The van der Waals surface area contributed by atoms with Crippen LogP contribution in [-0.4, -0.2) is 36.7 Å². The highest BCUT2D eigenvalue weighted by Crippen LogP contribution is 2.42. The number of hydrogen-bond donors (Lipinski definition) is 4. The van der Waals surface area contributed by atoms with Crippen LogP contribution in [0.5, 0.6) is 11.5 Å². The molecule has 12 heteroatoms. The van der Waals surface area contributed by atoms with Gasteiger partial charge < -0.3 is 31.0 Å². The van der Waals surface area contributed by atoms with Gasteiger partial charge in [-0.05, 0) is 31.5 Å². The van der Waals surface area contributed by atoms with E-state index in [2.05, 4.69) is 20.6 Å². The van der Waals surface area contributed by atoms with Gasteiger partial charge in [0.05, 0.1) is 18.9 Å². The van der Waals surface area contributed by atoms with Gasteiger partial charge in [-0.15, -0.1) is 0 Å². The van der Waals surface area contributed by atoms with Gasteiger partial charge >= 0.3 is 5.97 Å². The summed E-state index contributed by atoms with van der Waals surface area (Å²) < 4.78 is 16.1. The van der Waals surface area contributed by atoms with Crippen LogP contribution in [0.3, 0.4) is 0 Å². The van der Waals surface area contributed by atoms with Gasteiger partial charge in [-0.1, -0.05) is 6.07 Å². The van der Waals surface area contributed by atoms with E-state index in [1.54, 1.807) is 38.2 Å². The summed E-state index contributed by atoms with van der Waals surface area (Å²) in [5, 5.41) is 23.8. The lowest BCUT2D eigenvalue weighted by Gasteiger charge is -2.26. The number of hydrogen-bond acceptors (Lipinski definition) is 12. The number of nitrogens with zero attached hydrogens (tertiary/aromatic N) is 4. The minimum absolute atomic E-state index is 0.0341. The quantitative estimate of drug-likeness (QED) is 0.270. The number of pyridine rings is 1. The molecule has 0 amide bonds. The summed E-state index contributed by atoms with van der Waals surface area (Å²) >= 11 is 0. The van der Waals surface area contributed by atoms with Gasteiger partial charge in [0.25, 0.3) is 0 Å². The molecular weight excluding hydrogens is 428 g/mol. The Kier molecular flexibility index (Phi) is 7.00. The molecule has 0 fully saturated rings. The first kappa shape index (κ1) is 23.0. The molecule has 12 nitrogen and oxygen atoms in total. The van der Waals surface area contributed by atoms with Crippen LogP contribution >= 0.6 is 0 Å². The highest BCUT2D eigenvalue weighted by Gasteiger charge is 2.30. The van der Waals surface area contributed by atoms with Crippen molar-refractivity contribution in [3.05, 3.63) is 34.9 Å². The van der Waals surface area contributed by atoms with Crippen molar-refractivity contribution >= 4 is 29.3 Å². The maximum absolute atomic E-state index is 11.7. The number of nitrogens with one attached hydrogen (secondary N) is 2. The Hall–Kier alpha value is -4.71. The third-order valence-corrected chi connectivity index (χ3v) is 4.59. The average molecular weight is 450 g/mol. The molecule has 2 aromatic rings. The number of aliphatic imine (C=N–C) groups is 1. The second-order valence-electron chi connectivity index (χ2n) is 6.63. The van der Waals surface area contributed by atoms with E-state index in [1.165, 1.54) is 0 Å². The largest absolute Gasteiger partial charge is 0.490 e. The van der Waals surface area contributed by atoms with Gasteiger partial charge in [-0.3, -0.25) is 5.32 Å². The van der Waals surface area contributed by atoms with E-state index in [9.17, 15) is 10.1 Å². The molecule has 6 N–H and O–H groups in total. The monoisotopic (exact) mass is 450 g/mol. The molecule has 0 saturated carbocycles. The topological polar surface area (TPSA) is 194 Å². The van der Waals surface area contributed by atoms with Crippen molar-refractivity contribution in [2.45, 2.75) is 19.9 Å². The van der Waals surface area contributed by atoms with Gasteiger partial charge in [0, 0.05) is 5.56 Å². The van der Waals surface area contributed by atoms with Crippen LogP contribution in [0.4, 0.5) is 17.3 Å². The zero-order valence-electron chi connectivity index (χ0n) is 18.0. The predicted molar refractivity (Wildman–Crippen MR) is 119 cm³/mol. The molecular formula is C21H22N8O4. The molecule has 0 bridgehead atoms. The van der Waals surface area contributed by atoms with Crippen molar-refractivity contribution in [2.24, 2.45) is 4.99 Å². The fourth-order valence-electron chi connectivity index (χ4n) is 3.24. The number of esters is 1. The van der Waals surface area contributed by atoms with Gasteiger partial charge in [0.15, 0.2) is 24.3 Å². The standard InChI is InChI=1S/C21H22N8O4/c1-3-31-14-7-11(5-6-13(14)33-9-15(30)32-4-2)18-16-17(24)12(8-22)19(25)28-20(16)29-21(27-18)26-10-23/h5-7,18H,3-4,9H2,1-2H3,(H6,24,25,26,27,28,29). The second kappa shape index (κ2) is 10.1. The lowest BCUT2D eigenvalue weighted by Crippen LogP contribution is -2.32. The molecule has 0 spiro atoms. The van der Waals surface area contributed by atoms with Crippen LogP contribution in [-0.2, 0) is 9.53 Å². The maximum Gasteiger partial charge on any atom is 0.344 e. The summed E-state index contributed by atoms with van der Waals surface area (Å²) in [5.41, 5.74) is 13.3. The molecule has 0 aliphatic carbocycles. The molecule has 3 rings (SSSR count). The number of nitriles is 2. The average Bonchev–Trinajstić information content (AvgIpc) is 2.78. The van der Waals surface area contributed by atoms with Crippen molar-refractivity contribution in [3.63, 3.8) is 0 Å². The van der Waals surface area contributed by atoms with Crippen molar-refractivity contribution in [1.82, 2.24) is 10.3 Å². The number of carbonyl (C=O) groups excluding carboxylic acids is 1. The van der Waals surface area contributed by atoms with Crippen LogP contribution in [0.15, 0.2) is 23.2 Å². The van der Waals surface area contributed by atoms with E-state index in [0.717, 1.165) is 0 Å². The first-order valence-electron chi connectivity index (χ1n) is 9.97. The lowest BCUT2D eigenvalue weighted by atomic mass is 9.95. The van der Waals surface area contributed by atoms with Crippen LogP contribution in [0.25, 0.3) is 0 Å². The summed E-state index contributed by atoms with van der Waals surface area (Å²) in [4.78, 5) is 20.4. The molecule has 1 unspecified atom stereocenters. The number of anilines is 3. The van der Waals surface area contributed by atoms with Gasteiger partial charge in [0.2, 0.25) is 5.96 Å². The molecule has 33 heavy (non-hydrogen) atoms. The molecule has 1 aliphatic rings. The van der Waals surface area contributed by atoms with Crippen molar-refractivity contribution in [1.29, 1.82) is 10.5 Å². The number of ether oxygens (including phenoxy) is 3. The van der Waals surface area contributed by atoms with E-state index >= 15 is 0 Å². The number of aromatic nitrogens is 1. The van der Waals surface area contributed by atoms with E-state index in [1.807, 2.05) is 6.07 Å². The third kappa shape index (κ3) is 4.80. The highest BCUT2D eigenvalue weighted by atomic mass is 16.6. The Labute approximate surface area is 189 Å². The van der Waals surface area contributed by atoms with Crippen LogP contribution < -0.4 is 31.6 Å². The summed E-state index contributed by atoms with van der Waals surface area (Å²) in [5.74, 6) is 0.550. The summed E-state index contributed by atoms with van der Waals surface area (Å²) in [7, 11) is 0. The first-order chi connectivity index (χ1) is 15.9. The van der Waals surface area contributed by atoms with E-state index < -0.39 is 12.0 Å². The normalized spacial score (nSPS) is 13.9. The Morgan fingerprint density at radius 1 is 1.21 bits per heavy atom. The lowest BCUT2D eigenvalue weighted by molar-refractivity contribution is -0.145. The Balaban J connectivity index is 2.07. The van der Waals surface area contributed by atoms with Crippen molar-refractivity contribution < 1.29 is 19.0 Å². The number of benzene rings is 1. The number of rotatable bonds is 7. The fraction of sp³-hybridized carbons (Fsp3) is 0.286. The first-order valence-corrected chi connectivity index (χ1v) is 9.97. The number of carbonyl (C=O) groups is 1. The van der Waals surface area contributed by atoms with Crippen LogP contribution in [0, 0.1) is 22.8 Å². The van der Waals surface area contributed by atoms with E-state index in [4.69, 9.17) is 30.9 Å². The van der Waals surface area contributed by atoms with Crippen LogP contribution in [0.2, 0.25) is 0 Å². The Bertz CT molecular complexity index is 1180. The predicted octanol–water partition coefficient (Wildman–Crippen LogP) is 1.40. The maximum atomic E-state index is 11.7. The zero-order chi connectivity index (χ0) is 24.0. The van der Waals surface area contributed by atoms with Gasteiger partial charge in [-0.2, -0.15) is 10.5 Å². The summed E-state index contributed by atoms with van der Waals surface area (Å²) in [6, 6.07) is 6.23. The van der Waals surface area contributed by atoms with E-state index in [0.29, 0.717) is 29.2 Å². The minimum atomic E-state index is -0.740. The summed E-state index contributed by atoms with van der Waals surface area (Å²) in [6.45, 7) is 3.82. The molecule has 2 heterocycles. The number of fused-ring (bicyclic) bond motifs is 1. The molecule has 1 atom stereocenters. The Morgan fingerprint density at radius 2 is 2.00 bits per heavy atom.